The molecule has 1 aromatic heterocycles. The van der Waals surface area contributed by atoms with E-state index in [1.54, 1.807) is 12.3 Å². The number of pyridine rings is 1. The van der Waals surface area contributed by atoms with Crippen LogP contribution in [0, 0.1) is 5.82 Å². The third kappa shape index (κ3) is 3.75. The lowest BCUT2D eigenvalue weighted by Crippen LogP contribution is -2.07. The normalized spacial score (nSPS) is 10.5. The Morgan fingerprint density at radius 2 is 2.11 bits per heavy atom. The molecule has 0 radical (unpaired) electrons. The van der Waals surface area contributed by atoms with E-state index in [0.29, 0.717) is 13.0 Å². The molecule has 0 fully saturated rings. The van der Waals surface area contributed by atoms with Gasteiger partial charge in [-0.05, 0) is 52.7 Å². The molecule has 0 spiro atoms. The topological polar surface area (TPSA) is 48.1 Å². The Kier molecular flexibility index (Phi) is 4.87. The van der Waals surface area contributed by atoms with Crippen molar-refractivity contribution >= 4 is 15.9 Å². The van der Waals surface area contributed by atoms with Crippen LogP contribution in [-0.2, 0) is 13.0 Å². The first-order chi connectivity index (χ1) is 9.20. The number of nitrogens with zero attached hydrogens (tertiary/aromatic N) is 1. The lowest BCUT2D eigenvalue weighted by molar-refractivity contribution is 0.282. The maximum absolute atomic E-state index is 13.7. The van der Waals surface area contributed by atoms with E-state index in [1.807, 2.05) is 18.2 Å². The average molecular weight is 325 g/mol. The highest BCUT2D eigenvalue weighted by Crippen LogP contribution is 2.24. The highest BCUT2D eigenvalue weighted by molar-refractivity contribution is 9.10. The molecule has 1 aromatic carbocycles. The molecule has 2 rings (SSSR count). The molecule has 0 aliphatic heterocycles. The van der Waals surface area contributed by atoms with E-state index in [4.69, 9.17) is 10.5 Å². The second-order valence-electron chi connectivity index (χ2n) is 4.02. The zero-order valence-corrected chi connectivity index (χ0v) is 11.9. The van der Waals surface area contributed by atoms with Gasteiger partial charge >= 0.3 is 0 Å². The van der Waals surface area contributed by atoms with Crippen LogP contribution in [-0.4, -0.2) is 11.5 Å². The van der Waals surface area contributed by atoms with Gasteiger partial charge in [-0.3, -0.25) is 4.98 Å². The van der Waals surface area contributed by atoms with Crippen molar-refractivity contribution in [1.29, 1.82) is 0 Å². The van der Waals surface area contributed by atoms with Crippen LogP contribution < -0.4 is 10.5 Å². The van der Waals surface area contributed by atoms with Crippen molar-refractivity contribution in [3.8, 4) is 5.75 Å². The molecule has 1 heterocycles. The zero-order valence-electron chi connectivity index (χ0n) is 10.3. The second kappa shape index (κ2) is 6.63. The molecule has 2 N–H and O–H groups in total. The average Bonchev–Trinajstić information content (AvgIpc) is 2.40. The molecule has 3 nitrogen and oxygen atoms in total. The molecule has 0 aliphatic carbocycles. The van der Waals surface area contributed by atoms with Gasteiger partial charge in [0.25, 0.3) is 0 Å². The van der Waals surface area contributed by atoms with Crippen LogP contribution in [0.2, 0.25) is 0 Å². The number of hydrogen-bond acceptors (Lipinski definition) is 3. The molecule has 0 bridgehead atoms. The largest absolute Gasteiger partial charge is 0.484 e. The van der Waals surface area contributed by atoms with Gasteiger partial charge in [-0.1, -0.05) is 12.1 Å². The number of nitrogens with two attached hydrogens (primary N) is 1. The Hall–Kier alpha value is -1.46. The highest BCUT2D eigenvalue weighted by atomic mass is 79.9. The monoisotopic (exact) mass is 324 g/mol. The molecule has 0 aliphatic rings. The van der Waals surface area contributed by atoms with E-state index in [0.717, 1.165) is 15.7 Å². The van der Waals surface area contributed by atoms with Crippen molar-refractivity contribution in [2.24, 2.45) is 5.73 Å². The summed E-state index contributed by atoms with van der Waals surface area (Å²) in [6.45, 7) is 0.683. The zero-order chi connectivity index (χ0) is 13.7. The molecule has 0 saturated heterocycles. The molecule has 5 heteroatoms. The predicted molar refractivity (Wildman–Crippen MR) is 75.4 cm³/mol. The number of ether oxygens (including phenoxy) is 1. The van der Waals surface area contributed by atoms with Crippen LogP contribution in [0.4, 0.5) is 4.39 Å². The summed E-state index contributed by atoms with van der Waals surface area (Å²) in [5.74, 6) is -0.110. The standard InChI is InChI=1S/C14H14BrFN2O/c15-11-4-5-12(18-8-11)9-19-14-10(6-7-17)2-1-3-13(14)16/h1-5,8H,6-7,9,17H2. The number of hydrogen-bond donors (Lipinski definition) is 1. The molecule has 2 aromatic rings. The summed E-state index contributed by atoms with van der Waals surface area (Å²) in [7, 11) is 0. The Balaban J connectivity index is 2.12. The quantitative estimate of drug-likeness (QED) is 0.919. The Labute approximate surface area is 119 Å². The summed E-state index contributed by atoms with van der Waals surface area (Å²) in [6.07, 6.45) is 2.27. The van der Waals surface area contributed by atoms with Crippen molar-refractivity contribution < 1.29 is 9.13 Å². The number of halogens is 2. The molecule has 0 atom stereocenters. The van der Waals surface area contributed by atoms with Crippen LogP contribution in [0.3, 0.4) is 0 Å². The predicted octanol–water partition coefficient (Wildman–Crippen LogP) is 3.06. The summed E-state index contributed by atoms with van der Waals surface area (Å²) >= 11 is 3.31. The summed E-state index contributed by atoms with van der Waals surface area (Å²) < 4.78 is 20.2. The van der Waals surface area contributed by atoms with Gasteiger partial charge in [0.2, 0.25) is 0 Å². The highest BCUT2D eigenvalue weighted by Gasteiger charge is 2.09. The van der Waals surface area contributed by atoms with Crippen molar-refractivity contribution in [3.05, 3.63) is 58.1 Å². The van der Waals surface area contributed by atoms with Crippen molar-refractivity contribution in [1.82, 2.24) is 4.98 Å². The number of rotatable bonds is 5. The Bertz CT molecular complexity index is 546. The second-order valence-corrected chi connectivity index (χ2v) is 4.94. The van der Waals surface area contributed by atoms with Gasteiger partial charge in [0.05, 0.1) is 5.69 Å². The van der Waals surface area contributed by atoms with Crippen LogP contribution >= 0.6 is 15.9 Å². The summed E-state index contributed by atoms with van der Waals surface area (Å²) in [6, 6.07) is 8.55. The van der Waals surface area contributed by atoms with Crippen LogP contribution in [0.15, 0.2) is 41.0 Å². The fraction of sp³-hybridized carbons (Fsp3) is 0.214. The summed E-state index contributed by atoms with van der Waals surface area (Å²) in [4.78, 5) is 4.18. The van der Waals surface area contributed by atoms with Gasteiger partial charge in [-0.15, -0.1) is 0 Å². The minimum atomic E-state index is -0.372. The van der Waals surface area contributed by atoms with Crippen molar-refractivity contribution in [3.63, 3.8) is 0 Å². The Morgan fingerprint density at radius 1 is 1.26 bits per heavy atom. The molecular weight excluding hydrogens is 311 g/mol. The number of aromatic nitrogens is 1. The maximum atomic E-state index is 13.7. The van der Waals surface area contributed by atoms with E-state index in [9.17, 15) is 4.39 Å². The summed E-state index contributed by atoms with van der Waals surface area (Å²) in [5.41, 5.74) is 7.03. The van der Waals surface area contributed by atoms with Crippen LogP contribution in [0.5, 0.6) is 5.75 Å². The molecule has 0 amide bonds. The van der Waals surface area contributed by atoms with E-state index >= 15 is 0 Å². The van der Waals surface area contributed by atoms with E-state index < -0.39 is 0 Å². The van der Waals surface area contributed by atoms with Gasteiger partial charge in [0.15, 0.2) is 11.6 Å². The first-order valence-electron chi connectivity index (χ1n) is 5.91. The van der Waals surface area contributed by atoms with Gasteiger partial charge in [0, 0.05) is 10.7 Å². The van der Waals surface area contributed by atoms with Gasteiger partial charge in [-0.25, -0.2) is 4.39 Å². The minimum absolute atomic E-state index is 0.228. The molecule has 100 valence electrons. The lowest BCUT2D eigenvalue weighted by atomic mass is 10.1. The number of para-hydroxylation sites is 1. The third-order valence-electron chi connectivity index (χ3n) is 2.62. The van der Waals surface area contributed by atoms with Gasteiger partial charge < -0.3 is 10.5 Å². The fourth-order valence-corrected chi connectivity index (χ4v) is 1.94. The van der Waals surface area contributed by atoms with Crippen molar-refractivity contribution in [2.45, 2.75) is 13.0 Å². The SMILES string of the molecule is NCCc1cccc(F)c1OCc1ccc(Br)cn1. The fourth-order valence-electron chi connectivity index (χ4n) is 1.71. The molecule has 0 saturated carbocycles. The maximum Gasteiger partial charge on any atom is 0.165 e. The minimum Gasteiger partial charge on any atom is -0.484 e. The third-order valence-corrected chi connectivity index (χ3v) is 3.08. The first kappa shape index (κ1) is 14.0. The van der Waals surface area contributed by atoms with E-state index in [-0.39, 0.29) is 18.2 Å². The molecule has 0 unspecified atom stereocenters. The van der Waals surface area contributed by atoms with Crippen LogP contribution in [0.1, 0.15) is 11.3 Å². The molecule has 19 heavy (non-hydrogen) atoms. The number of benzene rings is 1. The summed E-state index contributed by atoms with van der Waals surface area (Å²) in [5, 5.41) is 0. The van der Waals surface area contributed by atoms with Crippen LogP contribution in [0.25, 0.3) is 0 Å². The van der Waals surface area contributed by atoms with Crippen molar-refractivity contribution in [2.75, 3.05) is 6.54 Å². The molecular formula is C14H14BrFN2O. The van der Waals surface area contributed by atoms with Gasteiger partial charge in [0.1, 0.15) is 6.61 Å². The first-order valence-corrected chi connectivity index (χ1v) is 6.70. The Morgan fingerprint density at radius 3 is 2.79 bits per heavy atom. The smallest absolute Gasteiger partial charge is 0.165 e. The van der Waals surface area contributed by atoms with Gasteiger partial charge in [-0.2, -0.15) is 0 Å². The lowest BCUT2D eigenvalue weighted by Gasteiger charge is -2.11. The van der Waals surface area contributed by atoms with E-state index in [1.165, 1.54) is 6.07 Å². The van der Waals surface area contributed by atoms with E-state index in [2.05, 4.69) is 20.9 Å².